The molecule has 2 N–H and O–H groups in total. The Balaban J connectivity index is 1.91. The molecule has 1 aliphatic heterocycles. The van der Waals surface area contributed by atoms with Gasteiger partial charge in [-0.2, -0.15) is 13.2 Å². The summed E-state index contributed by atoms with van der Waals surface area (Å²) >= 11 is 0. The first kappa shape index (κ1) is 17.1. The third kappa shape index (κ3) is 2.85. The maximum Gasteiger partial charge on any atom is 0.416 e. The number of nitrogens with two attached hydrogens (primary N) is 1. The monoisotopic (exact) mass is 342 g/mol. The van der Waals surface area contributed by atoms with E-state index in [0.717, 1.165) is 6.07 Å². The van der Waals surface area contributed by atoms with Gasteiger partial charge in [0.25, 0.3) is 0 Å². The molecule has 1 saturated heterocycles. The lowest BCUT2D eigenvalue weighted by Crippen LogP contribution is -2.36. The summed E-state index contributed by atoms with van der Waals surface area (Å²) in [6.07, 6.45) is -4.94. The molecule has 4 nitrogen and oxygen atoms in total. The summed E-state index contributed by atoms with van der Waals surface area (Å²) in [5, 5.41) is 0. The lowest BCUT2D eigenvalue weighted by molar-refractivity contribution is -0.138. The second kappa shape index (κ2) is 5.37. The molecule has 1 aliphatic carbocycles. The van der Waals surface area contributed by atoms with Crippen LogP contribution in [0.15, 0.2) is 18.2 Å². The normalized spacial score (nSPS) is 26.3. The Hall–Kier alpha value is -1.76. The lowest BCUT2D eigenvalue weighted by Gasteiger charge is -2.25. The zero-order valence-electron chi connectivity index (χ0n) is 13.9. The number of rotatable bonds is 0. The average Bonchev–Trinajstić information content (AvgIpc) is 2.96. The van der Waals surface area contributed by atoms with Gasteiger partial charge in [-0.05, 0) is 38.0 Å². The lowest BCUT2D eigenvalue weighted by atomic mass is 9.92. The van der Waals surface area contributed by atoms with E-state index in [4.69, 9.17) is 10.5 Å². The number of likely N-dealkylation sites (tertiary alicyclic amines) is 1. The maximum atomic E-state index is 13.4. The number of hydrogen-bond donors (Lipinski definition) is 1. The van der Waals surface area contributed by atoms with Crippen LogP contribution in [0.25, 0.3) is 0 Å². The van der Waals surface area contributed by atoms with Crippen molar-refractivity contribution < 1.29 is 22.7 Å². The summed E-state index contributed by atoms with van der Waals surface area (Å²) in [6, 6.07) is 3.64. The van der Waals surface area contributed by atoms with Crippen LogP contribution in [0.3, 0.4) is 0 Å². The number of hydrogen-bond acceptors (Lipinski definition) is 3. The summed E-state index contributed by atoms with van der Waals surface area (Å²) in [5.74, 6) is -0.614. The Kier molecular flexibility index (Phi) is 3.82. The van der Waals surface area contributed by atoms with Crippen LogP contribution in [0.1, 0.15) is 49.4 Å². The molecule has 2 aliphatic rings. The van der Waals surface area contributed by atoms with Crippen molar-refractivity contribution in [3.63, 3.8) is 0 Å². The molecule has 24 heavy (non-hydrogen) atoms. The van der Waals surface area contributed by atoms with Gasteiger partial charge in [-0.3, -0.25) is 0 Å². The zero-order valence-corrected chi connectivity index (χ0v) is 13.9. The van der Waals surface area contributed by atoms with Crippen LogP contribution in [0.5, 0.6) is 0 Å². The Morgan fingerprint density at radius 2 is 1.92 bits per heavy atom. The third-order valence-electron chi connectivity index (χ3n) is 4.65. The Labute approximate surface area is 138 Å². The van der Waals surface area contributed by atoms with Gasteiger partial charge in [0.15, 0.2) is 0 Å². The fourth-order valence-corrected chi connectivity index (χ4v) is 3.74. The van der Waals surface area contributed by atoms with E-state index in [1.807, 2.05) is 0 Å². The minimum atomic E-state index is -4.43. The highest BCUT2D eigenvalue weighted by Crippen LogP contribution is 2.52. The SMILES string of the molecule is CC(C)(C)OC(=O)N1C[C@H]2c3c(cccc3C(F)(F)F)C(N)[C@@H]2C1. The van der Waals surface area contributed by atoms with Crippen molar-refractivity contribution >= 4 is 6.09 Å². The standard InChI is InChI=1S/C17H21F3N2O2/c1-16(2,3)24-15(23)22-7-10-11(8-22)14(21)9-5-4-6-12(13(9)10)17(18,19)20/h4-6,10-11,14H,7-8,21H2,1-3H3/t10-,11-,14?/m1/s1. The molecule has 3 atom stereocenters. The fourth-order valence-electron chi connectivity index (χ4n) is 3.74. The summed E-state index contributed by atoms with van der Waals surface area (Å²) < 4.78 is 45.4. The topological polar surface area (TPSA) is 55.6 Å². The predicted molar refractivity (Wildman–Crippen MR) is 82.4 cm³/mol. The van der Waals surface area contributed by atoms with Crippen molar-refractivity contribution in [3.8, 4) is 0 Å². The molecule has 1 amide bonds. The van der Waals surface area contributed by atoms with Gasteiger partial charge >= 0.3 is 12.3 Å². The van der Waals surface area contributed by atoms with Crippen molar-refractivity contribution in [3.05, 3.63) is 34.9 Å². The van der Waals surface area contributed by atoms with E-state index in [-0.39, 0.29) is 18.0 Å². The highest BCUT2D eigenvalue weighted by Gasteiger charge is 2.50. The highest BCUT2D eigenvalue weighted by atomic mass is 19.4. The van der Waals surface area contributed by atoms with E-state index in [1.165, 1.54) is 11.0 Å². The number of alkyl halides is 3. The van der Waals surface area contributed by atoms with Crippen molar-refractivity contribution in [1.29, 1.82) is 0 Å². The molecule has 0 spiro atoms. The molecule has 3 rings (SSSR count). The van der Waals surface area contributed by atoms with Gasteiger partial charge in [0.05, 0.1) is 5.56 Å². The largest absolute Gasteiger partial charge is 0.444 e. The summed E-state index contributed by atoms with van der Waals surface area (Å²) in [4.78, 5) is 13.7. The summed E-state index contributed by atoms with van der Waals surface area (Å²) in [5.41, 5.74) is 5.68. The second-order valence-corrected chi connectivity index (χ2v) is 7.49. The molecule has 0 saturated carbocycles. The van der Waals surface area contributed by atoms with Gasteiger partial charge in [0, 0.05) is 31.0 Å². The number of ether oxygens (including phenoxy) is 1. The molecular formula is C17H21F3N2O2. The van der Waals surface area contributed by atoms with Crippen molar-refractivity contribution in [1.82, 2.24) is 4.90 Å². The third-order valence-corrected chi connectivity index (χ3v) is 4.65. The molecular weight excluding hydrogens is 321 g/mol. The number of carbonyl (C=O) groups is 1. The van der Waals surface area contributed by atoms with Crippen LogP contribution in [-0.2, 0) is 10.9 Å². The van der Waals surface area contributed by atoms with Crippen molar-refractivity contribution in [2.45, 2.75) is 44.5 Å². The van der Waals surface area contributed by atoms with Crippen molar-refractivity contribution in [2.24, 2.45) is 11.7 Å². The Morgan fingerprint density at radius 3 is 2.50 bits per heavy atom. The summed E-state index contributed by atoms with van der Waals surface area (Å²) in [7, 11) is 0. The maximum absolute atomic E-state index is 13.4. The van der Waals surface area contributed by atoms with E-state index in [2.05, 4.69) is 0 Å². The van der Waals surface area contributed by atoms with Crippen molar-refractivity contribution in [2.75, 3.05) is 13.1 Å². The minimum absolute atomic E-state index is 0.202. The van der Waals surface area contributed by atoms with E-state index in [0.29, 0.717) is 12.1 Å². The van der Waals surface area contributed by atoms with E-state index in [1.54, 1.807) is 26.8 Å². The molecule has 7 heteroatoms. The summed E-state index contributed by atoms with van der Waals surface area (Å²) in [6.45, 7) is 5.78. The van der Waals surface area contributed by atoms with Crippen LogP contribution in [0.4, 0.5) is 18.0 Å². The van der Waals surface area contributed by atoms with E-state index >= 15 is 0 Å². The number of carbonyl (C=O) groups excluding carboxylic acids is 1. The number of fused-ring (bicyclic) bond motifs is 3. The van der Waals surface area contributed by atoms with E-state index < -0.39 is 35.4 Å². The fraction of sp³-hybridized carbons (Fsp3) is 0.588. The minimum Gasteiger partial charge on any atom is -0.444 e. The number of amides is 1. The smallest absolute Gasteiger partial charge is 0.416 e. The van der Waals surface area contributed by atoms with Crippen LogP contribution >= 0.6 is 0 Å². The molecule has 1 unspecified atom stereocenters. The first-order chi connectivity index (χ1) is 11.0. The van der Waals surface area contributed by atoms with Crippen LogP contribution in [-0.4, -0.2) is 29.7 Å². The predicted octanol–water partition coefficient (Wildman–Crippen LogP) is 3.67. The molecule has 1 fully saturated rings. The van der Waals surface area contributed by atoms with Gasteiger partial charge in [-0.15, -0.1) is 0 Å². The molecule has 1 heterocycles. The van der Waals surface area contributed by atoms with Crippen LogP contribution in [0.2, 0.25) is 0 Å². The quantitative estimate of drug-likeness (QED) is 0.783. The second-order valence-electron chi connectivity index (χ2n) is 7.49. The molecule has 132 valence electrons. The molecule has 1 aromatic rings. The van der Waals surface area contributed by atoms with E-state index in [9.17, 15) is 18.0 Å². The highest BCUT2D eigenvalue weighted by molar-refractivity contribution is 5.69. The first-order valence-electron chi connectivity index (χ1n) is 7.92. The van der Waals surface area contributed by atoms with Gasteiger partial charge in [-0.25, -0.2) is 4.79 Å². The molecule has 0 aromatic heterocycles. The van der Waals surface area contributed by atoms with Crippen LogP contribution in [0, 0.1) is 5.92 Å². The van der Waals surface area contributed by atoms with Gasteiger partial charge in [0.1, 0.15) is 5.60 Å². The van der Waals surface area contributed by atoms with Gasteiger partial charge < -0.3 is 15.4 Å². The Bertz CT molecular complexity index is 667. The number of benzene rings is 1. The van der Waals surface area contributed by atoms with Crippen LogP contribution < -0.4 is 5.73 Å². The number of nitrogens with zero attached hydrogens (tertiary/aromatic N) is 1. The number of halogens is 3. The first-order valence-corrected chi connectivity index (χ1v) is 7.92. The zero-order chi connectivity index (χ0) is 17.9. The van der Waals surface area contributed by atoms with Gasteiger partial charge in [-0.1, -0.05) is 12.1 Å². The molecule has 1 aromatic carbocycles. The molecule has 0 bridgehead atoms. The average molecular weight is 342 g/mol. The van der Waals surface area contributed by atoms with Gasteiger partial charge in [0.2, 0.25) is 0 Å². The Morgan fingerprint density at radius 1 is 1.25 bits per heavy atom. The molecule has 0 radical (unpaired) electrons.